The summed E-state index contributed by atoms with van der Waals surface area (Å²) in [5, 5.41) is 0. The molecule has 0 atom stereocenters. The molecule has 0 radical (unpaired) electrons. The second-order valence-electron chi connectivity index (χ2n) is 5.48. The van der Waals surface area contributed by atoms with Gasteiger partial charge in [0.15, 0.2) is 0 Å². The lowest BCUT2D eigenvalue weighted by atomic mass is 9.82. The Morgan fingerprint density at radius 3 is 2.35 bits per heavy atom. The molecule has 4 nitrogen and oxygen atoms in total. The van der Waals surface area contributed by atoms with Gasteiger partial charge in [0.2, 0.25) is 0 Å². The molecule has 0 amide bonds. The van der Waals surface area contributed by atoms with Crippen molar-refractivity contribution in [2.24, 2.45) is 0 Å². The summed E-state index contributed by atoms with van der Waals surface area (Å²) in [6.07, 6.45) is 4.27. The van der Waals surface area contributed by atoms with Gasteiger partial charge in [-0.25, -0.2) is 4.98 Å². The Kier molecular flexibility index (Phi) is 4.23. The first-order chi connectivity index (χ1) is 9.51. The molecule has 4 heteroatoms. The van der Waals surface area contributed by atoms with Crippen molar-refractivity contribution in [3.8, 4) is 5.75 Å². The van der Waals surface area contributed by atoms with Crippen LogP contribution in [-0.2, 0) is 12.0 Å². The predicted octanol–water partition coefficient (Wildman–Crippen LogP) is 3.33. The second-order valence-corrected chi connectivity index (χ2v) is 5.48. The number of nitrogens with zero attached hydrogens (tertiary/aromatic N) is 2. The third kappa shape index (κ3) is 3.47. The second kappa shape index (κ2) is 5.90. The Balaban J connectivity index is 1.99. The topological polar surface area (TPSA) is 61.0 Å². The van der Waals surface area contributed by atoms with Crippen LogP contribution in [0.15, 0.2) is 36.7 Å². The summed E-state index contributed by atoms with van der Waals surface area (Å²) in [7, 11) is 0. The lowest BCUT2D eigenvalue weighted by molar-refractivity contribution is 0.300. The van der Waals surface area contributed by atoms with E-state index in [4.69, 9.17) is 10.5 Å². The Morgan fingerprint density at radius 2 is 1.80 bits per heavy atom. The summed E-state index contributed by atoms with van der Waals surface area (Å²) < 4.78 is 5.69. The van der Waals surface area contributed by atoms with Crippen molar-refractivity contribution >= 4 is 5.82 Å². The monoisotopic (exact) mass is 271 g/mol. The van der Waals surface area contributed by atoms with Gasteiger partial charge in [0.25, 0.3) is 0 Å². The van der Waals surface area contributed by atoms with Crippen LogP contribution in [0, 0.1) is 0 Å². The Labute approximate surface area is 120 Å². The van der Waals surface area contributed by atoms with Crippen molar-refractivity contribution in [1.82, 2.24) is 9.97 Å². The van der Waals surface area contributed by atoms with E-state index in [2.05, 4.69) is 42.9 Å². The molecule has 0 bridgehead atoms. The number of nitrogens with two attached hydrogens (primary N) is 1. The Morgan fingerprint density at radius 1 is 1.10 bits per heavy atom. The highest BCUT2D eigenvalue weighted by atomic mass is 16.5. The molecule has 0 fully saturated rings. The van der Waals surface area contributed by atoms with E-state index in [1.54, 1.807) is 6.20 Å². The molecule has 0 aliphatic heterocycles. The zero-order chi connectivity index (χ0) is 14.6. The van der Waals surface area contributed by atoms with Gasteiger partial charge in [-0.1, -0.05) is 32.9 Å². The van der Waals surface area contributed by atoms with Gasteiger partial charge < -0.3 is 10.5 Å². The highest BCUT2D eigenvalue weighted by Gasteiger charge is 2.17. The molecule has 1 aromatic heterocycles. The van der Waals surface area contributed by atoms with E-state index in [-0.39, 0.29) is 5.41 Å². The van der Waals surface area contributed by atoms with Crippen LogP contribution in [0.4, 0.5) is 5.82 Å². The molecule has 0 spiro atoms. The van der Waals surface area contributed by atoms with E-state index in [0.29, 0.717) is 12.4 Å². The molecule has 0 aliphatic carbocycles. The van der Waals surface area contributed by atoms with Crippen molar-refractivity contribution in [3.63, 3.8) is 0 Å². The van der Waals surface area contributed by atoms with E-state index >= 15 is 0 Å². The first-order valence-corrected chi connectivity index (χ1v) is 6.81. The van der Waals surface area contributed by atoms with Gasteiger partial charge in [0, 0.05) is 0 Å². The first kappa shape index (κ1) is 14.3. The normalized spacial score (nSPS) is 11.3. The number of rotatable bonds is 5. The molecule has 1 aromatic carbocycles. The van der Waals surface area contributed by atoms with Crippen LogP contribution in [0.2, 0.25) is 0 Å². The van der Waals surface area contributed by atoms with Gasteiger partial charge >= 0.3 is 0 Å². The van der Waals surface area contributed by atoms with Gasteiger partial charge in [0.05, 0.1) is 18.1 Å². The summed E-state index contributed by atoms with van der Waals surface area (Å²) in [6, 6.07) is 8.23. The number of benzene rings is 1. The molecular formula is C16H21N3O. The summed E-state index contributed by atoms with van der Waals surface area (Å²) in [5.74, 6) is 1.25. The average molecular weight is 271 g/mol. The largest absolute Gasteiger partial charge is 0.487 e. The van der Waals surface area contributed by atoms with Gasteiger partial charge in [-0.2, -0.15) is 0 Å². The van der Waals surface area contributed by atoms with Crippen LogP contribution >= 0.6 is 0 Å². The number of aromatic nitrogens is 2. The van der Waals surface area contributed by atoms with Crippen LogP contribution < -0.4 is 10.5 Å². The quantitative estimate of drug-likeness (QED) is 0.906. The van der Waals surface area contributed by atoms with Crippen LogP contribution in [0.5, 0.6) is 5.75 Å². The van der Waals surface area contributed by atoms with Gasteiger partial charge in [-0.05, 0) is 29.5 Å². The van der Waals surface area contributed by atoms with Crippen LogP contribution in [0.3, 0.4) is 0 Å². The van der Waals surface area contributed by atoms with Gasteiger partial charge in [0.1, 0.15) is 18.2 Å². The summed E-state index contributed by atoms with van der Waals surface area (Å²) >= 11 is 0. The molecule has 2 N–H and O–H groups in total. The van der Waals surface area contributed by atoms with Gasteiger partial charge in [-0.15, -0.1) is 0 Å². The highest BCUT2D eigenvalue weighted by molar-refractivity contribution is 5.31. The molecule has 0 aliphatic rings. The standard InChI is InChI=1S/C16H21N3O/c1-4-16(2,3)12-5-7-14(8-6-12)20-11-13-9-19-15(17)10-18-13/h5-10H,4,11H2,1-3H3,(H2,17,19). The van der Waals surface area contributed by atoms with Crippen molar-refractivity contribution in [3.05, 3.63) is 47.9 Å². The predicted molar refractivity (Wildman–Crippen MR) is 80.5 cm³/mol. The van der Waals surface area contributed by atoms with E-state index < -0.39 is 0 Å². The smallest absolute Gasteiger partial charge is 0.141 e. The van der Waals surface area contributed by atoms with Crippen molar-refractivity contribution in [1.29, 1.82) is 0 Å². The molecule has 0 unspecified atom stereocenters. The Hall–Kier alpha value is -2.10. The maximum atomic E-state index is 5.69. The van der Waals surface area contributed by atoms with E-state index in [9.17, 15) is 0 Å². The van der Waals surface area contributed by atoms with Crippen molar-refractivity contribution in [2.75, 3.05) is 5.73 Å². The first-order valence-electron chi connectivity index (χ1n) is 6.81. The Bertz CT molecular complexity index is 547. The van der Waals surface area contributed by atoms with Crippen LogP contribution in [0.25, 0.3) is 0 Å². The van der Waals surface area contributed by atoms with E-state index in [1.165, 1.54) is 11.8 Å². The number of anilines is 1. The van der Waals surface area contributed by atoms with Crippen LogP contribution in [0.1, 0.15) is 38.4 Å². The lowest BCUT2D eigenvalue weighted by Gasteiger charge is -2.23. The zero-order valence-corrected chi connectivity index (χ0v) is 12.3. The molecule has 1 heterocycles. The minimum atomic E-state index is 0.195. The zero-order valence-electron chi connectivity index (χ0n) is 12.3. The molecule has 2 rings (SSSR count). The molecule has 0 saturated heterocycles. The summed E-state index contributed by atoms with van der Waals surface area (Å²) in [4.78, 5) is 8.14. The van der Waals surface area contributed by atoms with Crippen molar-refractivity contribution in [2.45, 2.75) is 39.2 Å². The maximum absolute atomic E-state index is 5.69. The summed E-state index contributed by atoms with van der Waals surface area (Å²) in [5.41, 5.74) is 7.77. The third-order valence-electron chi connectivity index (χ3n) is 3.63. The number of ether oxygens (including phenoxy) is 1. The van der Waals surface area contributed by atoms with Crippen LogP contribution in [-0.4, -0.2) is 9.97 Å². The van der Waals surface area contributed by atoms with Crippen molar-refractivity contribution < 1.29 is 4.74 Å². The number of nitrogen functional groups attached to an aromatic ring is 1. The molecule has 20 heavy (non-hydrogen) atoms. The highest BCUT2D eigenvalue weighted by Crippen LogP contribution is 2.28. The minimum absolute atomic E-state index is 0.195. The maximum Gasteiger partial charge on any atom is 0.141 e. The fourth-order valence-electron chi connectivity index (χ4n) is 1.80. The molecular weight excluding hydrogens is 250 g/mol. The van der Waals surface area contributed by atoms with Gasteiger partial charge in [-0.3, -0.25) is 4.98 Å². The summed E-state index contributed by atoms with van der Waals surface area (Å²) in [6.45, 7) is 7.08. The third-order valence-corrected chi connectivity index (χ3v) is 3.63. The van der Waals surface area contributed by atoms with E-state index in [0.717, 1.165) is 17.9 Å². The fourth-order valence-corrected chi connectivity index (χ4v) is 1.80. The molecule has 106 valence electrons. The molecule has 0 saturated carbocycles. The SMILES string of the molecule is CCC(C)(C)c1ccc(OCc2cnc(N)cn2)cc1. The number of hydrogen-bond donors (Lipinski definition) is 1. The number of hydrogen-bond acceptors (Lipinski definition) is 4. The molecule has 2 aromatic rings. The van der Waals surface area contributed by atoms with E-state index in [1.807, 2.05) is 12.1 Å². The minimum Gasteiger partial charge on any atom is -0.487 e. The average Bonchev–Trinajstić information content (AvgIpc) is 2.47. The fraction of sp³-hybridized carbons (Fsp3) is 0.375. The lowest BCUT2D eigenvalue weighted by Crippen LogP contribution is -2.15.